The Morgan fingerprint density at radius 2 is 1.76 bits per heavy atom. The molecule has 2 heterocycles. The summed E-state index contributed by atoms with van der Waals surface area (Å²) >= 11 is 0. The first-order valence-corrected chi connectivity index (χ1v) is 9.62. The topological polar surface area (TPSA) is 32.8 Å². The van der Waals surface area contributed by atoms with Crippen LogP contribution in [0, 0.1) is 0 Å². The molecule has 2 aliphatic rings. The average Bonchev–Trinajstić information content (AvgIpc) is 2.96. The van der Waals surface area contributed by atoms with E-state index in [9.17, 15) is 4.79 Å². The molecule has 2 aliphatic heterocycles. The van der Waals surface area contributed by atoms with Gasteiger partial charge in [-0.15, -0.1) is 0 Å². The predicted molar refractivity (Wildman–Crippen MR) is 101 cm³/mol. The lowest BCUT2D eigenvalue weighted by atomic mass is 9.89. The van der Waals surface area contributed by atoms with Crippen LogP contribution >= 0.6 is 0 Å². The number of piperidine rings is 1. The highest BCUT2D eigenvalue weighted by molar-refractivity contribution is 5.69. The van der Waals surface area contributed by atoms with Crippen LogP contribution in [-0.4, -0.2) is 53.2 Å². The van der Waals surface area contributed by atoms with E-state index in [1.165, 1.54) is 18.4 Å². The number of carbonyl (C=O) groups is 1. The fourth-order valence-corrected chi connectivity index (χ4v) is 4.17. The average molecular weight is 344 g/mol. The highest BCUT2D eigenvalue weighted by Crippen LogP contribution is 2.32. The van der Waals surface area contributed by atoms with Crippen LogP contribution < -0.4 is 0 Å². The fourth-order valence-electron chi connectivity index (χ4n) is 4.17. The van der Waals surface area contributed by atoms with Crippen LogP contribution in [0.4, 0.5) is 4.79 Å². The van der Waals surface area contributed by atoms with Crippen molar-refractivity contribution in [1.29, 1.82) is 0 Å². The van der Waals surface area contributed by atoms with Crippen molar-refractivity contribution in [2.24, 2.45) is 0 Å². The van der Waals surface area contributed by atoms with Gasteiger partial charge in [-0.05, 0) is 71.5 Å². The Kier molecular flexibility index (Phi) is 5.38. The van der Waals surface area contributed by atoms with Gasteiger partial charge >= 0.3 is 6.09 Å². The summed E-state index contributed by atoms with van der Waals surface area (Å²) < 4.78 is 5.57. The van der Waals surface area contributed by atoms with Gasteiger partial charge in [0.15, 0.2) is 0 Å². The number of carbonyl (C=O) groups excluding carboxylic acids is 1. The molecular weight excluding hydrogens is 312 g/mol. The molecule has 3 rings (SSSR count). The molecule has 0 bridgehead atoms. The van der Waals surface area contributed by atoms with E-state index in [0.717, 1.165) is 26.1 Å². The van der Waals surface area contributed by atoms with Crippen LogP contribution in [0.5, 0.6) is 0 Å². The summed E-state index contributed by atoms with van der Waals surface area (Å²) in [6.45, 7) is 11.0. The SMILES string of the molecule is CC1CC(N2CCC(c3ccccc3)CC2)CN1C(=O)OC(C)(C)C. The third-order valence-corrected chi connectivity index (χ3v) is 5.50. The van der Waals surface area contributed by atoms with Gasteiger partial charge in [0.05, 0.1) is 0 Å². The molecule has 2 unspecified atom stereocenters. The lowest BCUT2D eigenvalue weighted by Crippen LogP contribution is -2.44. The minimum Gasteiger partial charge on any atom is -0.444 e. The lowest BCUT2D eigenvalue weighted by Gasteiger charge is -2.36. The van der Waals surface area contributed by atoms with E-state index in [-0.39, 0.29) is 12.1 Å². The third-order valence-electron chi connectivity index (χ3n) is 5.50. The van der Waals surface area contributed by atoms with E-state index < -0.39 is 5.60 Å². The molecule has 1 aromatic rings. The lowest BCUT2D eigenvalue weighted by molar-refractivity contribution is 0.0225. The van der Waals surface area contributed by atoms with Gasteiger partial charge in [-0.1, -0.05) is 30.3 Å². The van der Waals surface area contributed by atoms with E-state index in [1.54, 1.807) is 0 Å². The zero-order valence-electron chi connectivity index (χ0n) is 16.1. The number of amides is 1. The van der Waals surface area contributed by atoms with Crippen LogP contribution in [0.25, 0.3) is 0 Å². The Balaban J connectivity index is 1.53. The minimum atomic E-state index is -0.428. The fraction of sp³-hybridized carbons (Fsp3) is 0.667. The highest BCUT2D eigenvalue weighted by Gasteiger charge is 2.38. The Bertz CT molecular complexity index is 573. The summed E-state index contributed by atoms with van der Waals surface area (Å²) in [4.78, 5) is 16.9. The molecule has 1 aromatic carbocycles. The second-order valence-electron chi connectivity index (χ2n) is 8.59. The Labute approximate surface area is 152 Å². The Morgan fingerprint density at radius 1 is 1.12 bits per heavy atom. The molecule has 4 nitrogen and oxygen atoms in total. The first-order valence-electron chi connectivity index (χ1n) is 9.62. The first kappa shape index (κ1) is 18.2. The predicted octanol–water partition coefficient (Wildman–Crippen LogP) is 4.26. The maximum atomic E-state index is 12.4. The van der Waals surface area contributed by atoms with Gasteiger partial charge in [-0.2, -0.15) is 0 Å². The summed E-state index contributed by atoms with van der Waals surface area (Å²) in [6, 6.07) is 11.6. The maximum Gasteiger partial charge on any atom is 0.410 e. The molecule has 2 saturated heterocycles. The van der Waals surface area contributed by atoms with Gasteiger partial charge in [-0.3, -0.25) is 4.90 Å². The van der Waals surface area contributed by atoms with Crippen LogP contribution in [0.1, 0.15) is 58.4 Å². The zero-order chi connectivity index (χ0) is 18.0. The summed E-state index contributed by atoms with van der Waals surface area (Å²) in [6.07, 6.45) is 3.31. The molecule has 0 N–H and O–H groups in total. The van der Waals surface area contributed by atoms with Gasteiger partial charge in [0, 0.05) is 18.6 Å². The van der Waals surface area contributed by atoms with Crippen molar-refractivity contribution >= 4 is 6.09 Å². The maximum absolute atomic E-state index is 12.4. The molecule has 2 atom stereocenters. The van der Waals surface area contributed by atoms with Crippen molar-refractivity contribution < 1.29 is 9.53 Å². The van der Waals surface area contributed by atoms with Gasteiger partial charge in [-0.25, -0.2) is 4.79 Å². The number of ether oxygens (including phenoxy) is 1. The quantitative estimate of drug-likeness (QED) is 0.803. The smallest absolute Gasteiger partial charge is 0.410 e. The van der Waals surface area contributed by atoms with E-state index >= 15 is 0 Å². The molecule has 4 heteroatoms. The Morgan fingerprint density at radius 3 is 2.36 bits per heavy atom. The van der Waals surface area contributed by atoms with Crippen LogP contribution in [0.3, 0.4) is 0 Å². The van der Waals surface area contributed by atoms with Crippen LogP contribution in [-0.2, 0) is 4.74 Å². The van der Waals surface area contributed by atoms with E-state index in [2.05, 4.69) is 42.2 Å². The number of rotatable bonds is 2. The van der Waals surface area contributed by atoms with Crippen molar-refractivity contribution in [1.82, 2.24) is 9.80 Å². The molecule has 25 heavy (non-hydrogen) atoms. The largest absolute Gasteiger partial charge is 0.444 e. The number of hydrogen-bond donors (Lipinski definition) is 0. The minimum absolute atomic E-state index is 0.165. The number of likely N-dealkylation sites (tertiary alicyclic amines) is 2. The highest BCUT2D eigenvalue weighted by atomic mass is 16.6. The molecule has 1 amide bonds. The van der Waals surface area contributed by atoms with Crippen molar-refractivity contribution in [2.75, 3.05) is 19.6 Å². The molecule has 2 fully saturated rings. The summed E-state index contributed by atoms with van der Waals surface area (Å²) in [5, 5.41) is 0. The number of benzene rings is 1. The zero-order valence-corrected chi connectivity index (χ0v) is 16.1. The van der Waals surface area contributed by atoms with Crippen LogP contribution in [0.2, 0.25) is 0 Å². The normalized spacial score (nSPS) is 26.0. The first-order chi connectivity index (χ1) is 11.8. The van der Waals surface area contributed by atoms with Crippen molar-refractivity contribution in [3.63, 3.8) is 0 Å². The molecule has 0 saturated carbocycles. The third kappa shape index (κ3) is 4.55. The summed E-state index contributed by atoms with van der Waals surface area (Å²) in [5.74, 6) is 0.679. The summed E-state index contributed by atoms with van der Waals surface area (Å²) in [7, 11) is 0. The van der Waals surface area contributed by atoms with Crippen molar-refractivity contribution in [2.45, 2.75) is 70.6 Å². The monoisotopic (exact) mass is 344 g/mol. The van der Waals surface area contributed by atoms with Gasteiger partial charge < -0.3 is 9.64 Å². The second kappa shape index (κ2) is 7.36. The van der Waals surface area contributed by atoms with E-state index in [1.807, 2.05) is 25.7 Å². The molecule has 0 aliphatic carbocycles. The number of hydrogen-bond acceptors (Lipinski definition) is 3. The van der Waals surface area contributed by atoms with Crippen LogP contribution in [0.15, 0.2) is 30.3 Å². The Hall–Kier alpha value is -1.55. The summed E-state index contributed by atoms with van der Waals surface area (Å²) in [5.41, 5.74) is 1.04. The molecular formula is C21H32N2O2. The van der Waals surface area contributed by atoms with Gasteiger partial charge in [0.1, 0.15) is 5.60 Å². The molecule has 138 valence electrons. The second-order valence-corrected chi connectivity index (χ2v) is 8.59. The van der Waals surface area contributed by atoms with Crippen molar-refractivity contribution in [3.05, 3.63) is 35.9 Å². The molecule has 0 spiro atoms. The van der Waals surface area contributed by atoms with E-state index in [4.69, 9.17) is 4.74 Å². The molecule has 0 aromatic heterocycles. The standard InChI is InChI=1S/C21H32N2O2/c1-16-14-19(15-23(16)20(24)25-21(2,3)4)22-12-10-18(11-13-22)17-8-6-5-7-9-17/h5-9,16,18-19H,10-15H2,1-4H3. The van der Waals surface area contributed by atoms with Crippen molar-refractivity contribution in [3.8, 4) is 0 Å². The molecule has 0 radical (unpaired) electrons. The number of nitrogens with zero attached hydrogens (tertiary/aromatic N) is 2. The van der Waals surface area contributed by atoms with E-state index in [0.29, 0.717) is 12.0 Å². The van der Waals surface area contributed by atoms with Gasteiger partial charge in [0.2, 0.25) is 0 Å². The van der Waals surface area contributed by atoms with Gasteiger partial charge in [0.25, 0.3) is 0 Å².